The number of rotatable bonds is 7. The minimum atomic E-state index is -1.53. The van der Waals surface area contributed by atoms with E-state index in [1.807, 2.05) is 6.08 Å². The van der Waals surface area contributed by atoms with Crippen LogP contribution in [-0.2, 0) is 4.43 Å². The Morgan fingerprint density at radius 2 is 1.78 bits per heavy atom. The van der Waals surface area contributed by atoms with E-state index < -0.39 is 16.4 Å². The van der Waals surface area contributed by atoms with E-state index >= 15 is 0 Å². The van der Waals surface area contributed by atoms with Gasteiger partial charge in [0, 0.05) is 6.42 Å². The van der Waals surface area contributed by atoms with Crippen LogP contribution in [-0.4, -0.2) is 16.4 Å². The highest BCUT2D eigenvalue weighted by Gasteiger charge is 2.18. The molecule has 0 N–H and O–H groups in total. The van der Waals surface area contributed by atoms with Crippen molar-refractivity contribution in [3.8, 4) is 0 Å². The van der Waals surface area contributed by atoms with Crippen molar-refractivity contribution < 1.29 is 4.43 Å². The Morgan fingerprint density at radius 1 is 1.22 bits per heavy atom. The molecule has 0 bridgehead atoms. The van der Waals surface area contributed by atoms with Gasteiger partial charge in [-0.05, 0) is 32.0 Å². The Kier molecular flexibility index (Phi) is 6.97. The molecule has 0 saturated carbocycles. The first kappa shape index (κ1) is 17.5. The summed E-state index contributed by atoms with van der Waals surface area (Å²) in [5.41, 5.74) is 5.68. The highest BCUT2D eigenvalue weighted by Crippen LogP contribution is 2.18. The van der Waals surface area contributed by atoms with Gasteiger partial charge in [-0.15, -0.1) is 6.58 Å². The SMILES string of the molecule is C=CC(C)CCC(=C=C[Si](C)(C)C)O[Si](C)(C)C. The Labute approximate surface area is 116 Å². The van der Waals surface area contributed by atoms with Crippen molar-refractivity contribution in [1.29, 1.82) is 0 Å². The molecule has 0 aromatic rings. The Hall–Kier alpha value is -0.506. The van der Waals surface area contributed by atoms with Crippen LogP contribution < -0.4 is 0 Å². The highest BCUT2D eigenvalue weighted by atomic mass is 28.4. The molecule has 0 spiro atoms. The van der Waals surface area contributed by atoms with E-state index in [1.54, 1.807) is 0 Å². The smallest absolute Gasteiger partial charge is 0.242 e. The van der Waals surface area contributed by atoms with E-state index in [4.69, 9.17) is 4.43 Å². The van der Waals surface area contributed by atoms with E-state index in [1.165, 1.54) is 0 Å². The second-order valence-corrected chi connectivity index (χ2v) is 16.5. The summed E-state index contributed by atoms with van der Waals surface area (Å²) in [5, 5.41) is 0. The van der Waals surface area contributed by atoms with Crippen LogP contribution in [0.1, 0.15) is 19.8 Å². The first-order valence-corrected chi connectivity index (χ1v) is 13.8. The standard InChI is InChI=1S/C15H30OSi2/c1-9-14(2)10-11-15(16-18(6,7)8)12-13-17(3,4)5/h9,13-14H,1,10-11H2,2-8H3. The average Bonchev–Trinajstić information content (AvgIpc) is 2.18. The second-order valence-electron chi connectivity index (χ2n) is 7.04. The first-order chi connectivity index (χ1) is 8.03. The van der Waals surface area contributed by atoms with Gasteiger partial charge in [0.05, 0.1) is 8.07 Å². The third kappa shape index (κ3) is 10.6. The zero-order valence-electron chi connectivity index (χ0n) is 13.3. The van der Waals surface area contributed by atoms with Crippen LogP contribution in [0.5, 0.6) is 0 Å². The first-order valence-electron chi connectivity index (χ1n) is 6.82. The average molecular weight is 283 g/mol. The summed E-state index contributed by atoms with van der Waals surface area (Å²) in [7, 11) is -2.73. The van der Waals surface area contributed by atoms with Crippen molar-refractivity contribution in [1.82, 2.24) is 0 Å². The quantitative estimate of drug-likeness (QED) is 0.264. The monoisotopic (exact) mass is 282 g/mol. The van der Waals surface area contributed by atoms with Crippen molar-refractivity contribution in [2.45, 2.75) is 59.0 Å². The van der Waals surface area contributed by atoms with Gasteiger partial charge in [-0.25, -0.2) is 0 Å². The topological polar surface area (TPSA) is 9.23 Å². The lowest BCUT2D eigenvalue weighted by Crippen LogP contribution is -2.25. The fourth-order valence-electron chi connectivity index (χ4n) is 1.30. The van der Waals surface area contributed by atoms with E-state index in [0.29, 0.717) is 5.92 Å². The lowest BCUT2D eigenvalue weighted by atomic mass is 10.1. The molecule has 1 unspecified atom stereocenters. The fraction of sp³-hybridized carbons (Fsp3) is 0.667. The van der Waals surface area contributed by atoms with Gasteiger partial charge in [-0.1, -0.05) is 44.1 Å². The normalized spacial score (nSPS) is 13.5. The van der Waals surface area contributed by atoms with Crippen molar-refractivity contribution in [2.24, 2.45) is 5.92 Å². The molecule has 0 saturated heterocycles. The van der Waals surface area contributed by atoms with Crippen LogP contribution in [0.2, 0.25) is 39.3 Å². The maximum atomic E-state index is 6.13. The molecule has 104 valence electrons. The second kappa shape index (κ2) is 7.17. The van der Waals surface area contributed by atoms with Crippen LogP contribution in [0.25, 0.3) is 0 Å². The van der Waals surface area contributed by atoms with E-state index in [2.05, 4.69) is 64.2 Å². The maximum Gasteiger partial charge on any atom is 0.242 e. The Morgan fingerprint density at radius 3 is 2.17 bits per heavy atom. The Balaban J connectivity index is 4.84. The Bertz CT molecular complexity index is 325. The molecule has 0 rings (SSSR count). The minimum Gasteiger partial charge on any atom is -0.542 e. The van der Waals surface area contributed by atoms with Gasteiger partial charge in [0.2, 0.25) is 8.32 Å². The molecular weight excluding hydrogens is 252 g/mol. The highest BCUT2D eigenvalue weighted by molar-refractivity contribution is 6.80. The summed E-state index contributed by atoms with van der Waals surface area (Å²) >= 11 is 0. The molecule has 0 amide bonds. The maximum absolute atomic E-state index is 6.13. The molecule has 0 aliphatic heterocycles. The van der Waals surface area contributed by atoms with Gasteiger partial charge in [0.1, 0.15) is 5.76 Å². The molecule has 0 aromatic carbocycles. The summed E-state index contributed by atoms with van der Waals surface area (Å²) in [6, 6.07) is 0. The largest absolute Gasteiger partial charge is 0.542 e. The molecule has 18 heavy (non-hydrogen) atoms. The van der Waals surface area contributed by atoms with E-state index in [-0.39, 0.29) is 0 Å². The van der Waals surface area contributed by atoms with E-state index in [0.717, 1.165) is 18.6 Å². The lowest BCUT2D eigenvalue weighted by Gasteiger charge is -2.21. The zero-order valence-corrected chi connectivity index (χ0v) is 15.3. The van der Waals surface area contributed by atoms with Gasteiger partial charge < -0.3 is 4.43 Å². The van der Waals surface area contributed by atoms with E-state index in [9.17, 15) is 0 Å². The molecule has 3 heteroatoms. The summed E-state index contributed by atoms with van der Waals surface area (Å²) in [5.74, 6) is 1.59. The lowest BCUT2D eigenvalue weighted by molar-refractivity contribution is 0.389. The van der Waals surface area contributed by atoms with Gasteiger partial charge in [0.15, 0.2) is 0 Å². The molecule has 1 atom stereocenters. The van der Waals surface area contributed by atoms with Crippen molar-refractivity contribution in [3.63, 3.8) is 0 Å². The summed E-state index contributed by atoms with van der Waals surface area (Å²) in [6.45, 7) is 19.7. The fourth-order valence-corrected chi connectivity index (χ4v) is 2.79. The van der Waals surface area contributed by atoms with Crippen molar-refractivity contribution in [2.75, 3.05) is 0 Å². The number of hydrogen-bond acceptors (Lipinski definition) is 1. The van der Waals surface area contributed by atoms with Gasteiger partial charge in [0.25, 0.3) is 0 Å². The zero-order chi connectivity index (χ0) is 14.4. The van der Waals surface area contributed by atoms with Crippen molar-refractivity contribution in [3.05, 3.63) is 29.8 Å². The summed E-state index contributed by atoms with van der Waals surface area (Å²) in [6.07, 6.45) is 4.07. The number of hydrogen-bond donors (Lipinski definition) is 0. The predicted molar refractivity (Wildman–Crippen MR) is 88.0 cm³/mol. The van der Waals surface area contributed by atoms with Gasteiger partial charge in [-0.2, -0.15) is 0 Å². The summed E-state index contributed by atoms with van der Waals surface area (Å²) < 4.78 is 6.13. The van der Waals surface area contributed by atoms with Crippen molar-refractivity contribution >= 4 is 16.4 Å². The molecule has 0 aromatic heterocycles. The number of allylic oxidation sites excluding steroid dienone is 2. The molecule has 1 nitrogen and oxygen atoms in total. The van der Waals surface area contributed by atoms with Crippen LogP contribution in [0.15, 0.2) is 29.8 Å². The molecule has 0 aliphatic carbocycles. The molecule has 0 fully saturated rings. The van der Waals surface area contributed by atoms with Crippen LogP contribution in [0.3, 0.4) is 0 Å². The predicted octanol–water partition coefficient (Wildman–Crippen LogP) is 5.36. The molecular formula is C15H30OSi2. The van der Waals surface area contributed by atoms with Crippen LogP contribution in [0, 0.1) is 5.92 Å². The van der Waals surface area contributed by atoms with Crippen LogP contribution in [0.4, 0.5) is 0 Å². The third-order valence-electron chi connectivity index (χ3n) is 2.32. The summed E-state index contributed by atoms with van der Waals surface area (Å²) in [4.78, 5) is 0. The molecule has 0 aliphatic rings. The van der Waals surface area contributed by atoms with Gasteiger partial charge >= 0.3 is 0 Å². The molecule has 0 radical (unpaired) electrons. The van der Waals surface area contributed by atoms with Gasteiger partial charge in [-0.3, -0.25) is 0 Å². The minimum absolute atomic E-state index is 0.541. The molecule has 0 heterocycles. The van der Waals surface area contributed by atoms with Crippen LogP contribution >= 0.6 is 0 Å². The third-order valence-corrected chi connectivity index (χ3v) is 4.19.